The standard InChI is InChI=1S/C59H96O6/c1-4-7-10-13-16-19-22-24-26-28-30-32-33-35-37-40-43-46-49-52-58(61)64-55-56(54-63-57(60)51-48-45-42-39-21-18-15-12-9-6-3)65-59(62)53-50-47-44-41-38-36-34-31-29-27-25-23-20-17-14-11-8-5-2/h7,10,13,16,19,22,24,26-35,37,56H,4-6,8-9,11-12,14-15,17-18,20-21,23,25,36,38-55H2,1-3H3/b10-7-,16-13-,22-19-,26-24-,29-27-,30-28+,33-32-,34-31-,37-35-. The fraction of sp³-hybridized carbons (Fsp3) is 0.644. The maximum atomic E-state index is 12.8. The normalized spacial score (nSPS) is 13.0. The Kier molecular flexibility index (Phi) is 49.5. The van der Waals surface area contributed by atoms with E-state index >= 15 is 0 Å². The van der Waals surface area contributed by atoms with Gasteiger partial charge in [0.05, 0.1) is 0 Å². The molecule has 1 unspecified atom stereocenters. The van der Waals surface area contributed by atoms with Crippen molar-refractivity contribution in [2.75, 3.05) is 13.2 Å². The molecule has 0 radical (unpaired) electrons. The van der Waals surface area contributed by atoms with Crippen molar-refractivity contribution in [2.24, 2.45) is 0 Å². The van der Waals surface area contributed by atoms with Crippen molar-refractivity contribution in [1.29, 1.82) is 0 Å². The van der Waals surface area contributed by atoms with E-state index in [9.17, 15) is 14.4 Å². The van der Waals surface area contributed by atoms with Crippen LogP contribution in [0.5, 0.6) is 0 Å². The van der Waals surface area contributed by atoms with Gasteiger partial charge in [-0.3, -0.25) is 14.4 Å². The van der Waals surface area contributed by atoms with E-state index in [1.54, 1.807) is 0 Å². The Bertz CT molecular complexity index is 1360. The fourth-order valence-corrected chi connectivity index (χ4v) is 7.00. The molecule has 0 amide bonds. The van der Waals surface area contributed by atoms with Crippen LogP contribution in [-0.2, 0) is 28.6 Å². The highest BCUT2D eigenvalue weighted by molar-refractivity contribution is 5.71. The van der Waals surface area contributed by atoms with Crippen LogP contribution in [0, 0.1) is 0 Å². The van der Waals surface area contributed by atoms with Crippen molar-refractivity contribution < 1.29 is 28.6 Å². The second-order valence-corrected chi connectivity index (χ2v) is 17.3. The highest BCUT2D eigenvalue weighted by Crippen LogP contribution is 2.14. The quantitative estimate of drug-likeness (QED) is 0.0262. The molecule has 0 aromatic heterocycles. The zero-order chi connectivity index (χ0) is 47.2. The van der Waals surface area contributed by atoms with Crippen molar-refractivity contribution in [2.45, 2.75) is 232 Å². The molecule has 0 heterocycles. The van der Waals surface area contributed by atoms with Crippen LogP contribution in [0.2, 0.25) is 0 Å². The summed E-state index contributed by atoms with van der Waals surface area (Å²) in [5.74, 6) is -0.967. The van der Waals surface area contributed by atoms with E-state index in [1.807, 2.05) is 72.9 Å². The van der Waals surface area contributed by atoms with Gasteiger partial charge < -0.3 is 14.2 Å². The van der Waals surface area contributed by atoms with Crippen molar-refractivity contribution in [3.05, 3.63) is 109 Å². The minimum Gasteiger partial charge on any atom is -0.462 e. The predicted octanol–water partition coefficient (Wildman–Crippen LogP) is 17.5. The molecule has 6 heteroatoms. The number of hydrogen-bond donors (Lipinski definition) is 0. The summed E-state index contributed by atoms with van der Waals surface area (Å²) in [4.78, 5) is 38.0. The second-order valence-electron chi connectivity index (χ2n) is 17.3. The Balaban J connectivity index is 4.49. The molecule has 0 fully saturated rings. The first-order valence-corrected chi connectivity index (χ1v) is 26.5. The summed E-state index contributed by atoms with van der Waals surface area (Å²) < 4.78 is 16.7. The van der Waals surface area contributed by atoms with Crippen LogP contribution >= 0.6 is 0 Å². The number of ether oxygens (including phenoxy) is 3. The van der Waals surface area contributed by atoms with Gasteiger partial charge in [0.25, 0.3) is 0 Å². The summed E-state index contributed by atoms with van der Waals surface area (Å²) in [6.07, 6.45) is 70.7. The zero-order valence-electron chi connectivity index (χ0n) is 42.0. The van der Waals surface area contributed by atoms with Gasteiger partial charge in [0.2, 0.25) is 0 Å². The molecule has 0 spiro atoms. The van der Waals surface area contributed by atoms with Gasteiger partial charge in [-0.2, -0.15) is 0 Å². The predicted molar refractivity (Wildman–Crippen MR) is 279 cm³/mol. The van der Waals surface area contributed by atoms with Crippen LogP contribution in [0.15, 0.2) is 109 Å². The smallest absolute Gasteiger partial charge is 0.306 e. The maximum absolute atomic E-state index is 12.8. The monoisotopic (exact) mass is 901 g/mol. The fourth-order valence-electron chi connectivity index (χ4n) is 7.00. The Morgan fingerprint density at radius 1 is 0.323 bits per heavy atom. The van der Waals surface area contributed by atoms with Crippen LogP contribution in [-0.4, -0.2) is 37.2 Å². The molecule has 0 aliphatic rings. The molecule has 0 saturated heterocycles. The van der Waals surface area contributed by atoms with Gasteiger partial charge in [0.1, 0.15) is 13.2 Å². The number of esters is 3. The van der Waals surface area contributed by atoms with E-state index in [4.69, 9.17) is 14.2 Å². The minimum absolute atomic E-state index is 0.0999. The molecule has 0 aromatic rings. The number of hydrogen-bond acceptors (Lipinski definition) is 6. The lowest BCUT2D eigenvalue weighted by Gasteiger charge is -2.18. The third-order valence-electron chi connectivity index (χ3n) is 11.0. The number of rotatable bonds is 46. The highest BCUT2D eigenvalue weighted by atomic mass is 16.6. The zero-order valence-corrected chi connectivity index (χ0v) is 42.0. The molecule has 0 saturated carbocycles. The highest BCUT2D eigenvalue weighted by Gasteiger charge is 2.19. The summed E-state index contributed by atoms with van der Waals surface area (Å²) in [7, 11) is 0. The Morgan fingerprint density at radius 2 is 0.600 bits per heavy atom. The van der Waals surface area contributed by atoms with Crippen LogP contribution < -0.4 is 0 Å². The Labute approximate surface area is 400 Å². The second kappa shape index (κ2) is 52.7. The van der Waals surface area contributed by atoms with Gasteiger partial charge >= 0.3 is 17.9 Å². The average molecular weight is 901 g/mol. The summed E-state index contributed by atoms with van der Waals surface area (Å²) in [5.41, 5.74) is 0. The lowest BCUT2D eigenvalue weighted by molar-refractivity contribution is -0.167. The molecule has 0 N–H and O–H groups in total. The number of carbonyl (C=O) groups is 3. The first-order valence-electron chi connectivity index (χ1n) is 26.5. The molecule has 6 nitrogen and oxygen atoms in total. The third-order valence-corrected chi connectivity index (χ3v) is 11.0. The van der Waals surface area contributed by atoms with Crippen molar-refractivity contribution in [3.63, 3.8) is 0 Å². The summed E-state index contributed by atoms with van der Waals surface area (Å²) in [6.45, 7) is 6.41. The average Bonchev–Trinajstić information content (AvgIpc) is 3.30. The van der Waals surface area contributed by atoms with E-state index in [0.29, 0.717) is 19.3 Å². The van der Waals surface area contributed by atoms with Gasteiger partial charge in [0.15, 0.2) is 6.10 Å². The summed E-state index contributed by atoms with van der Waals surface area (Å²) in [5, 5.41) is 0. The molecule has 368 valence electrons. The third kappa shape index (κ3) is 50.9. The lowest BCUT2D eigenvalue weighted by Crippen LogP contribution is -2.30. The lowest BCUT2D eigenvalue weighted by atomic mass is 10.1. The van der Waals surface area contributed by atoms with Crippen LogP contribution in [0.25, 0.3) is 0 Å². The molecule has 0 aromatic carbocycles. The van der Waals surface area contributed by atoms with Gasteiger partial charge in [-0.25, -0.2) is 0 Å². The minimum atomic E-state index is -0.805. The molecular weight excluding hydrogens is 805 g/mol. The van der Waals surface area contributed by atoms with Crippen LogP contribution in [0.1, 0.15) is 226 Å². The van der Waals surface area contributed by atoms with Gasteiger partial charge in [-0.05, 0) is 64.2 Å². The maximum Gasteiger partial charge on any atom is 0.306 e. The first kappa shape index (κ1) is 61.1. The van der Waals surface area contributed by atoms with E-state index in [0.717, 1.165) is 89.9 Å². The topological polar surface area (TPSA) is 78.9 Å². The van der Waals surface area contributed by atoms with Crippen LogP contribution in [0.4, 0.5) is 0 Å². The summed E-state index contributed by atoms with van der Waals surface area (Å²) in [6, 6.07) is 0. The molecule has 0 bridgehead atoms. The van der Waals surface area contributed by atoms with Crippen molar-refractivity contribution >= 4 is 17.9 Å². The molecule has 1 atom stereocenters. The molecule has 0 aliphatic heterocycles. The van der Waals surface area contributed by atoms with Gasteiger partial charge in [-0.15, -0.1) is 0 Å². The number of allylic oxidation sites excluding steroid dienone is 18. The molecule has 0 aliphatic carbocycles. The van der Waals surface area contributed by atoms with E-state index in [1.165, 1.54) is 96.3 Å². The molecular formula is C59H96O6. The molecule has 0 rings (SSSR count). The number of unbranched alkanes of at least 4 members (excludes halogenated alkanes) is 24. The number of carbonyl (C=O) groups excluding carboxylic acids is 3. The van der Waals surface area contributed by atoms with Crippen molar-refractivity contribution in [1.82, 2.24) is 0 Å². The largest absolute Gasteiger partial charge is 0.462 e. The van der Waals surface area contributed by atoms with E-state index in [2.05, 4.69) is 57.2 Å². The summed E-state index contributed by atoms with van der Waals surface area (Å²) >= 11 is 0. The van der Waals surface area contributed by atoms with Crippen molar-refractivity contribution in [3.8, 4) is 0 Å². The van der Waals surface area contributed by atoms with Gasteiger partial charge in [-0.1, -0.05) is 252 Å². The van der Waals surface area contributed by atoms with Crippen LogP contribution in [0.3, 0.4) is 0 Å². The van der Waals surface area contributed by atoms with E-state index < -0.39 is 6.10 Å². The molecule has 65 heavy (non-hydrogen) atoms. The SMILES string of the molecule is CC\C=C/C=C\C=C/C=C\C=C\C=C/C=C\CCCCCC(=O)OCC(COC(=O)CCCCCCCCCCCC)OC(=O)CCCCCCC/C=C\C=C/CCCCCCCCC. The van der Waals surface area contributed by atoms with Gasteiger partial charge in [0, 0.05) is 19.3 Å². The Morgan fingerprint density at radius 3 is 0.969 bits per heavy atom. The Hall–Kier alpha value is -3.93. The van der Waals surface area contributed by atoms with E-state index in [-0.39, 0.29) is 31.1 Å². The first-order chi connectivity index (χ1) is 32.0.